The monoisotopic (exact) mass is 150 g/mol. The molecule has 0 bridgehead atoms. The van der Waals surface area contributed by atoms with Crippen molar-refractivity contribution in [2.75, 3.05) is 0 Å². The summed E-state index contributed by atoms with van der Waals surface area (Å²) in [4.78, 5) is 0. The molecular weight excluding hydrogens is 136 g/mol. The molecule has 1 atom stereocenters. The topological polar surface area (TPSA) is 20.2 Å². The first-order valence-electron chi connectivity index (χ1n) is 4.43. The molecule has 1 nitrogen and oxygen atoms in total. The molecule has 2 rings (SSSR count). The summed E-state index contributed by atoms with van der Waals surface area (Å²) in [5.74, 6) is 7.18. The molecule has 0 aliphatic heterocycles. The molecule has 2 fully saturated rings. The van der Waals surface area contributed by atoms with Crippen LogP contribution in [0.15, 0.2) is 0 Å². The first-order chi connectivity index (χ1) is 5.18. The average Bonchev–Trinajstić information content (AvgIpc) is 2.79. The lowest BCUT2D eigenvalue weighted by atomic mass is 10.0. The molecule has 0 aromatic carbocycles. The van der Waals surface area contributed by atoms with E-state index < -0.39 is 5.60 Å². The molecule has 0 unspecified atom stereocenters. The Hall–Kier alpha value is -0.480. The highest BCUT2D eigenvalue weighted by molar-refractivity contribution is 5.20. The number of rotatable bonds is 1. The van der Waals surface area contributed by atoms with Gasteiger partial charge in [0.05, 0.1) is 0 Å². The Balaban J connectivity index is 1.96. The van der Waals surface area contributed by atoms with Crippen molar-refractivity contribution in [1.29, 1.82) is 0 Å². The van der Waals surface area contributed by atoms with Gasteiger partial charge in [-0.3, -0.25) is 0 Å². The van der Waals surface area contributed by atoms with E-state index in [0.717, 1.165) is 12.8 Å². The van der Waals surface area contributed by atoms with Crippen LogP contribution >= 0.6 is 0 Å². The second kappa shape index (κ2) is 2.25. The van der Waals surface area contributed by atoms with Crippen molar-refractivity contribution in [2.24, 2.45) is 11.8 Å². The highest BCUT2D eigenvalue weighted by atomic mass is 16.3. The van der Waals surface area contributed by atoms with Gasteiger partial charge in [0.2, 0.25) is 0 Å². The molecule has 2 saturated carbocycles. The van der Waals surface area contributed by atoms with Gasteiger partial charge in [-0.25, -0.2) is 0 Å². The van der Waals surface area contributed by atoms with Gasteiger partial charge in [0.15, 0.2) is 0 Å². The van der Waals surface area contributed by atoms with Crippen LogP contribution in [0.2, 0.25) is 0 Å². The van der Waals surface area contributed by atoms with Crippen LogP contribution in [-0.4, -0.2) is 10.7 Å². The minimum atomic E-state index is -0.678. The molecule has 1 N–H and O–H groups in total. The number of aliphatic hydroxyl groups is 1. The van der Waals surface area contributed by atoms with E-state index in [1.54, 1.807) is 0 Å². The van der Waals surface area contributed by atoms with E-state index in [-0.39, 0.29) is 0 Å². The van der Waals surface area contributed by atoms with Crippen LogP contribution in [0.1, 0.15) is 32.6 Å². The minimum absolute atomic E-state index is 0.466. The van der Waals surface area contributed by atoms with E-state index in [9.17, 15) is 5.11 Å². The largest absolute Gasteiger partial charge is 0.378 e. The highest BCUT2D eigenvalue weighted by Gasteiger charge is 2.38. The third kappa shape index (κ3) is 1.75. The van der Waals surface area contributed by atoms with E-state index in [2.05, 4.69) is 11.8 Å². The van der Waals surface area contributed by atoms with Gasteiger partial charge in [-0.1, -0.05) is 11.8 Å². The smallest absolute Gasteiger partial charge is 0.125 e. The normalized spacial score (nSPS) is 28.5. The second-order valence-electron chi connectivity index (χ2n) is 3.97. The van der Waals surface area contributed by atoms with Crippen LogP contribution in [0.25, 0.3) is 0 Å². The first-order valence-corrected chi connectivity index (χ1v) is 4.43. The van der Waals surface area contributed by atoms with Crippen molar-refractivity contribution in [1.82, 2.24) is 0 Å². The van der Waals surface area contributed by atoms with Crippen molar-refractivity contribution in [2.45, 2.75) is 38.2 Å². The van der Waals surface area contributed by atoms with Crippen LogP contribution in [-0.2, 0) is 0 Å². The summed E-state index contributed by atoms with van der Waals surface area (Å²) in [7, 11) is 0. The minimum Gasteiger partial charge on any atom is -0.378 e. The maximum Gasteiger partial charge on any atom is 0.125 e. The zero-order valence-electron chi connectivity index (χ0n) is 6.93. The average molecular weight is 150 g/mol. The molecule has 0 saturated heterocycles. The molecule has 0 aromatic rings. The molecule has 2 aliphatic rings. The molecule has 2 aliphatic carbocycles. The molecule has 1 heteroatoms. The number of hydrogen-bond donors (Lipinski definition) is 1. The predicted octanol–water partition coefficient (Wildman–Crippen LogP) is 1.56. The molecule has 0 radical (unpaired) electrons. The van der Waals surface area contributed by atoms with Gasteiger partial charge in [-0.2, -0.15) is 0 Å². The van der Waals surface area contributed by atoms with Gasteiger partial charge >= 0.3 is 0 Å². The Kier molecular flexibility index (Phi) is 1.47. The summed E-state index contributed by atoms with van der Waals surface area (Å²) >= 11 is 0. The van der Waals surface area contributed by atoms with E-state index in [4.69, 9.17) is 0 Å². The van der Waals surface area contributed by atoms with Gasteiger partial charge < -0.3 is 5.11 Å². The zero-order chi connectivity index (χ0) is 7.90. The van der Waals surface area contributed by atoms with E-state index in [0.29, 0.717) is 11.8 Å². The summed E-state index contributed by atoms with van der Waals surface area (Å²) in [6.45, 7) is 1.85. The Bertz CT molecular complexity index is 211. The van der Waals surface area contributed by atoms with Crippen molar-refractivity contribution in [3.63, 3.8) is 0 Å². The SMILES string of the molecule is C[C@](O)(C#CC1CC1)C1CC1. The maximum absolute atomic E-state index is 9.76. The molecule has 60 valence electrons. The molecular formula is C10H14O. The van der Waals surface area contributed by atoms with Crippen molar-refractivity contribution >= 4 is 0 Å². The lowest BCUT2D eigenvalue weighted by Gasteiger charge is -2.14. The molecule has 0 aromatic heterocycles. The van der Waals surface area contributed by atoms with E-state index >= 15 is 0 Å². The Labute approximate surface area is 67.8 Å². The van der Waals surface area contributed by atoms with Crippen LogP contribution in [0.3, 0.4) is 0 Å². The molecule has 11 heavy (non-hydrogen) atoms. The van der Waals surface area contributed by atoms with Gasteiger partial charge in [0.1, 0.15) is 5.60 Å². The van der Waals surface area contributed by atoms with Crippen molar-refractivity contribution < 1.29 is 5.11 Å². The summed E-state index contributed by atoms with van der Waals surface area (Å²) in [6.07, 6.45) is 4.81. The third-order valence-electron chi connectivity index (χ3n) is 2.48. The zero-order valence-corrected chi connectivity index (χ0v) is 6.93. The van der Waals surface area contributed by atoms with E-state index in [1.165, 1.54) is 12.8 Å². The quantitative estimate of drug-likeness (QED) is 0.562. The summed E-state index contributed by atoms with van der Waals surface area (Å²) in [5, 5.41) is 9.76. The first kappa shape index (κ1) is 7.18. The lowest BCUT2D eigenvalue weighted by molar-refractivity contribution is 0.0979. The summed E-state index contributed by atoms with van der Waals surface area (Å²) in [6, 6.07) is 0. The Morgan fingerprint density at radius 3 is 2.36 bits per heavy atom. The second-order valence-corrected chi connectivity index (χ2v) is 3.97. The fourth-order valence-electron chi connectivity index (χ4n) is 1.22. The van der Waals surface area contributed by atoms with Crippen molar-refractivity contribution in [3.05, 3.63) is 0 Å². The van der Waals surface area contributed by atoms with Gasteiger partial charge in [0.25, 0.3) is 0 Å². The molecule has 0 amide bonds. The van der Waals surface area contributed by atoms with Gasteiger partial charge in [0, 0.05) is 5.92 Å². The fourth-order valence-corrected chi connectivity index (χ4v) is 1.22. The van der Waals surface area contributed by atoms with Gasteiger partial charge in [-0.05, 0) is 38.5 Å². The molecule has 0 heterocycles. The summed E-state index contributed by atoms with van der Waals surface area (Å²) in [5.41, 5.74) is -0.678. The van der Waals surface area contributed by atoms with Crippen molar-refractivity contribution in [3.8, 4) is 11.8 Å². The third-order valence-corrected chi connectivity index (χ3v) is 2.48. The standard InChI is InChI=1S/C10H14O/c1-10(11,9-4-5-9)7-6-8-2-3-8/h8-9,11H,2-5H2,1H3/t10-/m0/s1. The van der Waals surface area contributed by atoms with Crippen LogP contribution in [0.4, 0.5) is 0 Å². The fraction of sp³-hybridized carbons (Fsp3) is 0.800. The Morgan fingerprint density at radius 1 is 1.27 bits per heavy atom. The van der Waals surface area contributed by atoms with Crippen LogP contribution < -0.4 is 0 Å². The molecule has 0 spiro atoms. The van der Waals surface area contributed by atoms with Crippen LogP contribution in [0.5, 0.6) is 0 Å². The van der Waals surface area contributed by atoms with Crippen LogP contribution in [0, 0.1) is 23.7 Å². The number of hydrogen-bond acceptors (Lipinski definition) is 1. The highest BCUT2D eigenvalue weighted by Crippen LogP contribution is 2.39. The predicted molar refractivity (Wildman–Crippen MR) is 43.8 cm³/mol. The lowest BCUT2D eigenvalue weighted by Crippen LogP contribution is -2.24. The maximum atomic E-state index is 9.76. The van der Waals surface area contributed by atoms with E-state index in [1.807, 2.05) is 6.92 Å². The Morgan fingerprint density at radius 2 is 1.91 bits per heavy atom. The summed E-state index contributed by atoms with van der Waals surface area (Å²) < 4.78 is 0. The van der Waals surface area contributed by atoms with Gasteiger partial charge in [-0.15, -0.1) is 0 Å².